The minimum atomic E-state index is -1.02. The molecule has 1 N–H and O–H groups in total. The molecule has 1 aromatic rings. The Kier molecular flexibility index (Phi) is 3.94. The third kappa shape index (κ3) is 3.24. The third-order valence-electron chi connectivity index (χ3n) is 1.72. The maximum absolute atomic E-state index is 11.8. The molecule has 0 radical (unpaired) electrons. The van der Waals surface area contributed by atoms with Crippen molar-refractivity contribution in [2.24, 2.45) is 0 Å². The first-order chi connectivity index (χ1) is 6.41. The van der Waals surface area contributed by atoms with Crippen LogP contribution in [-0.4, -0.2) is 14.3 Å². The summed E-state index contributed by atoms with van der Waals surface area (Å²) in [6.07, 6.45) is 1.81. The molecule has 0 spiro atoms. The Morgan fingerprint density at radius 2 is 2.21 bits per heavy atom. The molecular weight excluding hydrogens is 216 g/mol. The van der Waals surface area contributed by atoms with Crippen LogP contribution in [-0.2, 0) is 11.4 Å². The molecule has 2 atom stereocenters. The van der Waals surface area contributed by atoms with Gasteiger partial charge in [-0.05, 0) is 27.7 Å². The standard InChI is InChI=1S/C9H16N2OS2/c1-7(8-5-10-6-13-8)11-14(12)9(2,3)4/h5-7,11H,1-4H3/t7-,14?/m0/s1. The predicted octanol–water partition coefficient (Wildman–Crippen LogP) is 2.26. The van der Waals surface area contributed by atoms with Gasteiger partial charge in [-0.1, -0.05) is 0 Å². The molecule has 1 unspecified atom stereocenters. The molecule has 80 valence electrons. The van der Waals surface area contributed by atoms with Gasteiger partial charge in [-0.3, -0.25) is 4.98 Å². The van der Waals surface area contributed by atoms with Crippen LogP contribution < -0.4 is 4.72 Å². The number of hydrogen-bond acceptors (Lipinski definition) is 4. The number of thiazole rings is 1. The van der Waals surface area contributed by atoms with Crippen LogP contribution in [0.3, 0.4) is 0 Å². The first-order valence-corrected chi connectivity index (χ1v) is 6.50. The molecule has 0 aliphatic heterocycles. The van der Waals surface area contributed by atoms with Crippen LogP contribution in [0.4, 0.5) is 0 Å². The molecule has 1 heterocycles. The lowest BCUT2D eigenvalue weighted by atomic mass is 10.3. The molecule has 0 saturated heterocycles. The third-order valence-corrected chi connectivity index (χ3v) is 4.36. The van der Waals surface area contributed by atoms with Gasteiger partial charge in [0.2, 0.25) is 0 Å². The Balaban J connectivity index is 2.53. The van der Waals surface area contributed by atoms with E-state index >= 15 is 0 Å². The Morgan fingerprint density at radius 1 is 1.57 bits per heavy atom. The lowest BCUT2D eigenvalue weighted by molar-refractivity contribution is 0.532. The van der Waals surface area contributed by atoms with Crippen LogP contribution in [0.1, 0.15) is 38.6 Å². The summed E-state index contributed by atoms with van der Waals surface area (Å²) in [7, 11) is 0. The van der Waals surface area contributed by atoms with Gasteiger partial charge in [0.1, 0.15) is 4.75 Å². The summed E-state index contributed by atoms with van der Waals surface area (Å²) in [6.45, 7) is 7.86. The predicted molar refractivity (Wildman–Crippen MR) is 61.6 cm³/mol. The second-order valence-electron chi connectivity index (χ2n) is 4.12. The van der Waals surface area contributed by atoms with Crippen molar-refractivity contribution in [2.75, 3.05) is 0 Å². The highest BCUT2D eigenvalue weighted by Crippen LogP contribution is 2.21. The van der Waals surface area contributed by atoms with Gasteiger partial charge in [-0.25, -0.2) is 0 Å². The van der Waals surface area contributed by atoms with Crippen LogP contribution in [0.2, 0.25) is 0 Å². The maximum Gasteiger partial charge on any atom is 0.136 e. The molecule has 5 heteroatoms. The fourth-order valence-electron chi connectivity index (χ4n) is 0.835. The van der Waals surface area contributed by atoms with Gasteiger partial charge in [-0.2, -0.15) is 0 Å². The molecule has 1 aromatic heterocycles. The van der Waals surface area contributed by atoms with E-state index in [-0.39, 0.29) is 10.8 Å². The first-order valence-electron chi connectivity index (χ1n) is 4.47. The van der Waals surface area contributed by atoms with Gasteiger partial charge in [0.25, 0.3) is 0 Å². The van der Waals surface area contributed by atoms with E-state index in [0.717, 1.165) is 4.88 Å². The van der Waals surface area contributed by atoms with Crippen LogP contribution in [0, 0.1) is 0 Å². The van der Waals surface area contributed by atoms with E-state index in [1.165, 1.54) is 0 Å². The molecule has 0 amide bonds. The summed E-state index contributed by atoms with van der Waals surface area (Å²) in [5, 5.41) is 0. The number of nitrogens with zero attached hydrogens (tertiary/aromatic N) is 1. The lowest BCUT2D eigenvalue weighted by Crippen LogP contribution is -2.40. The fourth-order valence-corrected chi connectivity index (χ4v) is 2.34. The second-order valence-corrected chi connectivity index (χ2v) is 7.04. The SMILES string of the molecule is C[C@H](N[S+]([O-])C(C)(C)C)c1cncs1. The van der Waals surface area contributed by atoms with Gasteiger partial charge in [0, 0.05) is 22.4 Å². The van der Waals surface area contributed by atoms with E-state index in [4.69, 9.17) is 0 Å². The van der Waals surface area contributed by atoms with Crippen molar-refractivity contribution in [3.63, 3.8) is 0 Å². The van der Waals surface area contributed by atoms with Gasteiger partial charge in [0.05, 0.1) is 11.6 Å². The largest absolute Gasteiger partial charge is 0.598 e. The Hall–Kier alpha value is -0.100. The summed E-state index contributed by atoms with van der Waals surface area (Å²) in [5.74, 6) is 0. The van der Waals surface area contributed by atoms with Crippen LogP contribution >= 0.6 is 11.3 Å². The highest BCUT2D eigenvalue weighted by molar-refractivity contribution is 7.90. The van der Waals surface area contributed by atoms with Crippen molar-refractivity contribution in [1.82, 2.24) is 9.71 Å². The van der Waals surface area contributed by atoms with Gasteiger partial charge in [-0.15, -0.1) is 16.1 Å². The summed E-state index contributed by atoms with van der Waals surface area (Å²) < 4.78 is 14.6. The second kappa shape index (κ2) is 4.61. The van der Waals surface area contributed by atoms with E-state index in [9.17, 15) is 4.55 Å². The fraction of sp³-hybridized carbons (Fsp3) is 0.667. The molecule has 0 bridgehead atoms. The van der Waals surface area contributed by atoms with Crippen molar-refractivity contribution in [3.8, 4) is 0 Å². The summed E-state index contributed by atoms with van der Waals surface area (Å²) in [4.78, 5) is 5.11. The summed E-state index contributed by atoms with van der Waals surface area (Å²) in [6, 6.07) is 0.0996. The van der Waals surface area contributed by atoms with Crippen molar-refractivity contribution in [3.05, 3.63) is 16.6 Å². The van der Waals surface area contributed by atoms with Crippen LogP contribution in [0.15, 0.2) is 11.7 Å². The maximum atomic E-state index is 11.8. The molecule has 14 heavy (non-hydrogen) atoms. The van der Waals surface area contributed by atoms with Gasteiger partial charge < -0.3 is 4.55 Å². The van der Waals surface area contributed by atoms with Crippen LogP contribution in [0.5, 0.6) is 0 Å². The minimum Gasteiger partial charge on any atom is -0.598 e. The molecule has 0 aromatic carbocycles. The van der Waals surface area contributed by atoms with Gasteiger partial charge >= 0.3 is 0 Å². The Labute approximate surface area is 92.3 Å². The van der Waals surface area contributed by atoms with Crippen molar-refractivity contribution < 1.29 is 4.55 Å². The molecule has 0 saturated carbocycles. The van der Waals surface area contributed by atoms with E-state index in [2.05, 4.69) is 9.71 Å². The molecule has 0 aliphatic carbocycles. The Bertz CT molecular complexity index is 269. The highest BCUT2D eigenvalue weighted by atomic mass is 32.2. The molecule has 0 fully saturated rings. The number of aromatic nitrogens is 1. The van der Waals surface area contributed by atoms with Crippen molar-refractivity contribution >= 4 is 22.7 Å². The topological polar surface area (TPSA) is 48.0 Å². The van der Waals surface area contributed by atoms with Crippen molar-refractivity contribution in [1.29, 1.82) is 0 Å². The Morgan fingerprint density at radius 3 is 2.64 bits per heavy atom. The summed E-state index contributed by atoms with van der Waals surface area (Å²) in [5.41, 5.74) is 1.79. The van der Waals surface area contributed by atoms with Crippen molar-refractivity contribution in [2.45, 2.75) is 38.5 Å². The van der Waals surface area contributed by atoms with Crippen LogP contribution in [0.25, 0.3) is 0 Å². The zero-order valence-electron chi connectivity index (χ0n) is 8.90. The van der Waals surface area contributed by atoms with E-state index in [1.54, 1.807) is 16.8 Å². The van der Waals surface area contributed by atoms with Gasteiger partial charge in [0.15, 0.2) is 0 Å². The van der Waals surface area contributed by atoms with E-state index < -0.39 is 11.4 Å². The molecule has 1 rings (SSSR count). The summed E-state index contributed by atoms with van der Waals surface area (Å²) >= 11 is 0.552. The quantitative estimate of drug-likeness (QED) is 0.813. The number of nitrogens with one attached hydrogen (secondary N) is 1. The smallest absolute Gasteiger partial charge is 0.136 e. The first kappa shape index (κ1) is 12.0. The minimum absolute atomic E-state index is 0.0996. The average molecular weight is 232 g/mol. The number of rotatable bonds is 3. The lowest BCUT2D eigenvalue weighted by Gasteiger charge is -2.25. The normalized spacial score (nSPS) is 16.6. The zero-order valence-corrected chi connectivity index (χ0v) is 10.5. The highest BCUT2D eigenvalue weighted by Gasteiger charge is 2.28. The molecule has 0 aliphatic rings. The zero-order chi connectivity index (χ0) is 10.8. The van der Waals surface area contributed by atoms with E-state index in [1.807, 2.05) is 33.9 Å². The van der Waals surface area contributed by atoms with E-state index in [0.29, 0.717) is 0 Å². The number of hydrogen-bond donors (Lipinski definition) is 1. The monoisotopic (exact) mass is 232 g/mol. The molecular formula is C9H16N2OS2. The molecule has 3 nitrogen and oxygen atoms in total. The average Bonchev–Trinajstić information content (AvgIpc) is 2.53.